The number of hydrogen-bond donors (Lipinski definition) is 2. The smallest absolute Gasteiger partial charge is 0.406 e. The third-order valence-electron chi connectivity index (χ3n) is 2.22. The van der Waals surface area contributed by atoms with Crippen LogP contribution in [0.1, 0.15) is 10.4 Å². The van der Waals surface area contributed by atoms with E-state index in [1.165, 1.54) is 0 Å². The highest BCUT2D eigenvalue weighted by atomic mass is 19.4. The molecule has 0 aliphatic heterocycles. The summed E-state index contributed by atoms with van der Waals surface area (Å²) in [5.74, 6) is -2.70. The molecule has 0 unspecified atom stereocenters. The number of hydrogen-bond acceptors (Lipinski definition) is 3. The minimum absolute atomic E-state index is 0.286. The normalized spacial score (nSPS) is 11.4. The first-order chi connectivity index (χ1) is 8.74. The van der Waals surface area contributed by atoms with Gasteiger partial charge in [-0.1, -0.05) is 0 Å². The fourth-order valence-corrected chi connectivity index (χ4v) is 1.44. The van der Waals surface area contributed by atoms with Gasteiger partial charge in [0.25, 0.3) is 5.91 Å². The molecule has 1 aromatic carbocycles. The van der Waals surface area contributed by atoms with E-state index in [0.717, 1.165) is 12.1 Å². The Morgan fingerprint density at radius 2 is 1.95 bits per heavy atom. The summed E-state index contributed by atoms with van der Waals surface area (Å²) in [6.45, 7) is -2.85. The van der Waals surface area contributed by atoms with Crippen molar-refractivity contribution < 1.29 is 32.6 Å². The van der Waals surface area contributed by atoms with E-state index in [4.69, 9.17) is 5.11 Å². The zero-order valence-corrected chi connectivity index (χ0v) is 9.62. The summed E-state index contributed by atoms with van der Waals surface area (Å²) in [5, 5.41) is 18.0. The van der Waals surface area contributed by atoms with Crippen LogP contribution in [0.15, 0.2) is 18.2 Å². The topological polar surface area (TPSA) is 60.8 Å². The number of nitrogens with zero attached hydrogens (tertiary/aromatic N) is 1. The summed E-state index contributed by atoms with van der Waals surface area (Å²) in [6.07, 6.45) is -4.66. The molecule has 0 saturated carbocycles. The van der Waals surface area contributed by atoms with E-state index in [2.05, 4.69) is 0 Å². The Hall–Kier alpha value is -1.83. The zero-order chi connectivity index (χ0) is 14.6. The number of halogens is 4. The lowest BCUT2D eigenvalue weighted by Gasteiger charge is -2.23. The molecule has 0 spiro atoms. The highest BCUT2D eigenvalue weighted by molar-refractivity contribution is 5.96. The molecule has 106 valence electrons. The maximum Gasteiger partial charge on any atom is 0.406 e. The molecule has 0 heterocycles. The van der Waals surface area contributed by atoms with Crippen LogP contribution in [-0.2, 0) is 0 Å². The SMILES string of the molecule is O=C(c1cc(F)ccc1O)N(CCO)CC(F)(F)F. The minimum atomic E-state index is -4.66. The summed E-state index contributed by atoms with van der Waals surface area (Å²) in [5.41, 5.74) is -0.585. The van der Waals surface area contributed by atoms with Crippen molar-refractivity contribution in [3.05, 3.63) is 29.6 Å². The second kappa shape index (κ2) is 5.87. The van der Waals surface area contributed by atoms with Crippen molar-refractivity contribution in [1.29, 1.82) is 0 Å². The van der Waals surface area contributed by atoms with E-state index in [9.17, 15) is 27.5 Å². The van der Waals surface area contributed by atoms with Crippen LogP contribution < -0.4 is 0 Å². The average Bonchev–Trinajstić information content (AvgIpc) is 2.29. The molecule has 19 heavy (non-hydrogen) atoms. The number of aliphatic hydroxyl groups excluding tert-OH is 1. The first kappa shape index (κ1) is 15.2. The molecule has 8 heteroatoms. The lowest BCUT2D eigenvalue weighted by atomic mass is 10.1. The highest BCUT2D eigenvalue weighted by Gasteiger charge is 2.33. The number of carbonyl (C=O) groups is 1. The van der Waals surface area contributed by atoms with Gasteiger partial charge in [-0.25, -0.2) is 4.39 Å². The van der Waals surface area contributed by atoms with Gasteiger partial charge in [-0.2, -0.15) is 13.2 Å². The van der Waals surface area contributed by atoms with Crippen LogP contribution in [0, 0.1) is 5.82 Å². The predicted octanol–water partition coefficient (Wildman–Crippen LogP) is 1.53. The van der Waals surface area contributed by atoms with E-state index in [1.807, 2.05) is 0 Å². The molecule has 0 fully saturated rings. The molecule has 0 bridgehead atoms. The average molecular weight is 281 g/mol. The van der Waals surface area contributed by atoms with Crippen molar-refractivity contribution in [2.75, 3.05) is 19.7 Å². The number of aromatic hydroxyl groups is 1. The van der Waals surface area contributed by atoms with E-state index >= 15 is 0 Å². The van der Waals surface area contributed by atoms with Crippen LogP contribution in [0.25, 0.3) is 0 Å². The van der Waals surface area contributed by atoms with Crippen LogP contribution in [0.2, 0.25) is 0 Å². The largest absolute Gasteiger partial charge is 0.507 e. The van der Waals surface area contributed by atoms with E-state index < -0.39 is 48.9 Å². The van der Waals surface area contributed by atoms with Gasteiger partial charge in [-0.15, -0.1) is 0 Å². The summed E-state index contributed by atoms with van der Waals surface area (Å²) in [4.78, 5) is 12.1. The Balaban J connectivity index is 3.02. The van der Waals surface area contributed by atoms with Crippen molar-refractivity contribution in [2.45, 2.75) is 6.18 Å². The van der Waals surface area contributed by atoms with E-state index in [1.54, 1.807) is 0 Å². The monoisotopic (exact) mass is 281 g/mol. The van der Waals surface area contributed by atoms with Crippen LogP contribution in [-0.4, -0.2) is 46.9 Å². The third kappa shape index (κ3) is 4.40. The number of aliphatic hydroxyl groups is 1. The van der Waals surface area contributed by atoms with Gasteiger partial charge in [0.15, 0.2) is 0 Å². The second-order valence-corrected chi connectivity index (χ2v) is 3.73. The Kier molecular flexibility index (Phi) is 4.71. The molecule has 0 saturated heterocycles. The number of rotatable bonds is 4. The molecule has 1 aromatic rings. The molecule has 1 amide bonds. The lowest BCUT2D eigenvalue weighted by Crippen LogP contribution is -2.40. The van der Waals surface area contributed by atoms with Gasteiger partial charge in [0.2, 0.25) is 0 Å². The first-order valence-corrected chi connectivity index (χ1v) is 5.20. The van der Waals surface area contributed by atoms with Gasteiger partial charge >= 0.3 is 6.18 Å². The number of carbonyl (C=O) groups excluding carboxylic acids is 1. The Labute approximate surface area is 105 Å². The first-order valence-electron chi connectivity index (χ1n) is 5.20. The summed E-state index contributed by atoms with van der Waals surface area (Å²) in [7, 11) is 0. The number of amides is 1. The Morgan fingerprint density at radius 3 is 2.47 bits per heavy atom. The fourth-order valence-electron chi connectivity index (χ4n) is 1.44. The predicted molar refractivity (Wildman–Crippen MR) is 57.1 cm³/mol. The van der Waals surface area contributed by atoms with Gasteiger partial charge in [-0.3, -0.25) is 4.79 Å². The molecule has 0 aromatic heterocycles. The number of benzene rings is 1. The standard InChI is InChI=1S/C11H11F4NO3/c12-7-1-2-9(18)8(5-7)10(19)16(3-4-17)6-11(13,14)15/h1-2,5,17-18H,3-4,6H2. The van der Waals surface area contributed by atoms with Crippen LogP contribution in [0.4, 0.5) is 17.6 Å². The van der Waals surface area contributed by atoms with Gasteiger partial charge in [0, 0.05) is 6.54 Å². The van der Waals surface area contributed by atoms with E-state index in [-0.39, 0.29) is 4.90 Å². The molecule has 2 N–H and O–H groups in total. The summed E-state index contributed by atoms with van der Waals surface area (Å²) >= 11 is 0. The van der Waals surface area contributed by atoms with Crippen molar-refractivity contribution in [2.24, 2.45) is 0 Å². The van der Waals surface area contributed by atoms with Crippen LogP contribution in [0.3, 0.4) is 0 Å². The van der Waals surface area contributed by atoms with Gasteiger partial charge in [0.1, 0.15) is 18.1 Å². The molecule has 1 rings (SSSR count). The van der Waals surface area contributed by atoms with Crippen molar-refractivity contribution in [3.8, 4) is 5.75 Å². The molecule has 0 aliphatic rings. The molecule has 0 aliphatic carbocycles. The number of phenolic OH excluding ortho intramolecular Hbond substituents is 1. The van der Waals surface area contributed by atoms with Gasteiger partial charge in [0.05, 0.1) is 12.2 Å². The van der Waals surface area contributed by atoms with Crippen LogP contribution in [0.5, 0.6) is 5.75 Å². The fraction of sp³-hybridized carbons (Fsp3) is 0.364. The molecular weight excluding hydrogens is 270 g/mol. The third-order valence-corrected chi connectivity index (χ3v) is 2.22. The quantitative estimate of drug-likeness (QED) is 0.823. The Bertz CT molecular complexity index is 462. The Morgan fingerprint density at radius 1 is 1.32 bits per heavy atom. The number of alkyl halides is 3. The van der Waals surface area contributed by atoms with Crippen molar-refractivity contribution >= 4 is 5.91 Å². The lowest BCUT2D eigenvalue weighted by molar-refractivity contribution is -0.141. The molecule has 4 nitrogen and oxygen atoms in total. The minimum Gasteiger partial charge on any atom is -0.507 e. The summed E-state index contributed by atoms with van der Waals surface area (Å²) < 4.78 is 49.8. The molecule has 0 radical (unpaired) electrons. The number of phenols is 1. The van der Waals surface area contributed by atoms with Crippen LogP contribution >= 0.6 is 0 Å². The van der Waals surface area contributed by atoms with Crippen molar-refractivity contribution in [1.82, 2.24) is 4.90 Å². The maximum atomic E-state index is 12.9. The highest BCUT2D eigenvalue weighted by Crippen LogP contribution is 2.22. The molecule has 0 atom stereocenters. The zero-order valence-electron chi connectivity index (χ0n) is 9.62. The van der Waals surface area contributed by atoms with Gasteiger partial charge in [-0.05, 0) is 18.2 Å². The second-order valence-electron chi connectivity index (χ2n) is 3.73. The molecular formula is C11H11F4NO3. The van der Waals surface area contributed by atoms with E-state index in [0.29, 0.717) is 6.07 Å². The van der Waals surface area contributed by atoms with Crippen molar-refractivity contribution in [3.63, 3.8) is 0 Å². The van der Waals surface area contributed by atoms with Gasteiger partial charge < -0.3 is 15.1 Å². The summed E-state index contributed by atoms with van der Waals surface area (Å²) in [6, 6.07) is 2.37. The maximum absolute atomic E-state index is 12.9.